The summed E-state index contributed by atoms with van der Waals surface area (Å²) in [5, 5.41) is 0. The lowest BCUT2D eigenvalue weighted by Gasteiger charge is -2.11. The van der Waals surface area contributed by atoms with Crippen LogP contribution in [0.25, 0.3) is 0 Å². The van der Waals surface area contributed by atoms with E-state index in [2.05, 4.69) is 39.8 Å². The molecule has 0 heteroatoms. The normalized spacial score (nSPS) is 14.4. The van der Waals surface area contributed by atoms with Crippen LogP contribution < -0.4 is 0 Å². The highest BCUT2D eigenvalue weighted by Gasteiger charge is 2.03. The molecule has 0 amide bonds. The summed E-state index contributed by atoms with van der Waals surface area (Å²) in [5.74, 6) is 1.66. The summed E-state index contributed by atoms with van der Waals surface area (Å²) >= 11 is 0. The average molecular weight is 168 g/mol. The second-order valence-electron chi connectivity index (χ2n) is 4.07. The number of allylic oxidation sites excluding steroid dienone is 2. The van der Waals surface area contributed by atoms with E-state index in [0.717, 1.165) is 11.8 Å². The molecule has 1 atom stereocenters. The first-order valence-electron chi connectivity index (χ1n) is 5.33. The van der Waals surface area contributed by atoms with Crippen LogP contribution in [0.1, 0.15) is 53.4 Å². The maximum Gasteiger partial charge on any atom is -0.0322 e. The minimum Gasteiger partial charge on any atom is -0.0885 e. The Bertz CT molecular complexity index is 111. The van der Waals surface area contributed by atoms with Gasteiger partial charge in [0.05, 0.1) is 0 Å². The van der Waals surface area contributed by atoms with Crippen LogP contribution in [0.5, 0.6) is 0 Å². The maximum atomic E-state index is 2.35. The molecule has 0 aliphatic rings. The van der Waals surface area contributed by atoms with Gasteiger partial charge in [-0.05, 0) is 24.7 Å². The van der Waals surface area contributed by atoms with Crippen LogP contribution in [0.4, 0.5) is 0 Å². The van der Waals surface area contributed by atoms with Crippen molar-refractivity contribution < 1.29 is 0 Å². The molecule has 0 bridgehead atoms. The van der Waals surface area contributed by atoms with Crippen molar-refractivity contribution in [1.82, 2.24) is 0 Å². The summed E-state index contributed by atoms with van der Waals surface area (Å²) in [6.07, 6.45) is 9.85. The van der Waals surface area contributed by atoms with E-state index in [4.69, 9.17) is 0 Å². The third-order valence-corrected chi connectivity index (χ3v) is 2.54. The summed E-state index contributed by atoms with van der Waals surface area (Å²) in [4.78, 5) is 0. The SMILES string of the molecule is CCCC/C=C/CC(C)C(C)C. The van der Waals surface area contributed by atoms with Gasteiger partial charge in [0.15, 0.2) is 0 Å². The Balaban J connectivity index is 3.33. The molecule has 72 valence electrons. The molecule has 0 aliphatic heterocycles. The zero-order valence-electron chi connectivity index (χ0n) is 9.14. The molecule has 0 rings (SSSR count). The van der Waals surface area contributed by atoms with Crippen molar-refractivity contribution in [2.24, 2.45) is 11.8 Å². The monoisotopic (exact) mass is 168 g/mol. The van der Waals surface area contributed by atoms with E-state index in [9.17, 15) is 0 Å². The van der Waals surface area contributed by atoms with E-state index in [1.165, 1.54) is 25.7 Å². The molecule has 0 radical (unpaired) electrons. The van der Waals surface area contributed by atoms with Crippen molar-refractivity contribution in [2.75, 3.05) is 0 Å². The molecule has 0 spiro atoms. The Hall–Kier alpha value is -0.260. The third kappa shape index (κ3) is 6.45. The van der Waals surface area contributed by atoms with Crippen LogP contribution in [0, 0.1) is 11.8 Å². The Morgan fingerprint density at radius 1 is 1.08 bits per heavy atom. The molecule has 0 nitrogen and oxygen atoms in total. The summed E-state index contributed by atoms with van der Waals surface area (Å²) in [7, 11) is 0. The topological polar surface area (TPSA) is 0 Å². The van der Waals surface area contributed by atoms with Gasteiger partial charge in [0.1, 0.15) is 0 Å². The van der Waals surface area contributed by atoms with Crippen LogP contribution in [-0.2, 0) is 0 Å². The zero-order chi connectivity index (χ0) is 9.40. The van der Waals surface area contributed by atoms with Gasteiger partial charge in [0.2, 0.25) is 0 Å². The predicted molar refractivity (Wildman–Crippen MR) is 57.3 cm³/mol. The average Bonchev–Trinajstić information content (AvgIpc) is 2.03. The van der Waals surface area contributed by atoms with Crippen molar-refractivity contribution in [3.05, 3.63) is 12.2 Å². The van der Waals surface area contributed by atoms with Crippen molar-refractivity contribution in [3.8, 4) is 0 Å². The summed E-state index contributed by atoms with van der Waals surface area (Å²) in [5.41, 5.74) is 0. The fraction of sp³-hybridized carbons (Fsp3) is 0.833. The molecule has 0 N–H and O–H groups in total. The highest BCUT2D eigenvalue weighted by atomic mass is 14.1. The Kier molecular flexibility index (Phi) is 7.23. The van der Waals surface area contributed by atoms with Crippen LogP contribution >= 0.6 is 0 Å². The molecule has 0 aromatic rings. The molecule has 0 heterocycles. The smallest absolute Gasteiger partial charge is 0.0322 e. The summed E-state index contributed by atoms with van der Waals surface area (Å²) in [6.45, 7) is 9.16. The van der Waals surface area contributed by atoms with E-state index < -0.39 is 0 Å². The van der Waals surface area contributed by atoms with E-state index >= 15 is 0 Å². The Labute approximate surface area is 78.1 Å². The van der Waals surface area contributed by atoms with Gasteiger partial charge in [0.25, 0.3) is 0 Å². The highest BCUT2D eigenvalue weighted by molar-refractivity contribution is 4.83. The Morgan fingerprint density at radius 3 is 2.25 bits per heavy atom. The van der Waals surface area contributed by atoms with Crippen molar-refractivity contribution in [3.63, 3.8) is 0 Å². The first kappa shape index (κ1) is 11.7. The van der Waals surface area contributed by atoms with Gasteiger partial charge in [-0.2, -0.15) is 0 Å². The molecule has 0 aliphatic carbocycles. The molecule has 0 aromatic carbocycles. The van der Waals surface area contributed by atoms with Gasteiger partial charge in [-0.3, -0.25) is 0 Å². The largest absolute Gasteiger partial charge is 0.0885 e. The van der Waals surface area contributed by atoms with Crippen molar-refractivity contribution in [2.45, 2.75) is 53.4 Å². The van der Waals surface area contributed by atoms with E-state index in [-0.39, 0.29) is 0 Å². The lowest BCUT2D eigenvalue weighted by Crippen LogP contribution is -2.01. The van der Waals surface area contributed by atoms with Gasteiger partial charge >= 0.3 is 0 Å². The molecule has 0 saturated heterocycles. The highest BCUT2D eigenvalue weighted by Crippen LogP contribution is 2.14. The van der Waals surface area contributed by atoms with Crippen molar-refractivity contribution in [1.29, 1.82) is 0 Å². The molecule has 0 saturated carbocycles. The van der Waals surface area contributed by atoms with Gasteiger partial charge in [-0.25, -0.2) is 0 Å². The summed E-state index contributed by atoms with van der Waals surface area (Å²) < 4.78 is 0. The third-order valence-electron chi connectivity index (χ3n) is 2.54. The van der Waals surface area contributed by atoms with Gasteiger partial charge in [-0.1, -0.05) is 52.7 Å². The lowest BCUT2D eigenvalue weighted by molar-refractivity contribution is 0.423. The number of hydrogen-bond acceptors (Lipinski definition) is 0. The van der Waals surface area contributed by atoms with Crippen LogP contribution in [0.15, 0.2) is 12.2 Å². The van der Waals surface area contributed by atoms with Crippen LogP contribution in [0.3, 0.4) is 0 Å². The van der Waals surface area contributed by atoms with Crippen LogP contribution in [-0.4, -0.2) is 0 Å². The minimum absolute atomic E-state index is 0.820. The second kappa shape index (κ2) is 7.39. The molecule has 0 fully saturated rings. The molecular formula is C12H24. The molecule has 12 heavy (non-hydrogen) atoms. The summed E-state index contributed by atoms with van der Waals surface area (Å²) in [6, 6.07) is 0. The fourth-order valence-electron chi connectivity index (χ4n) is 1.02. The number of rotatable bonds is 6. The lowest BCUT2D eigenvalue weighted by atomic mass is 9.94. The van der Waals surface area contributed by atoms with E-state index in [1.54, 1.807) is 0 Å². The zero-order valence-corrected chi connectivity index (χ0v) is 9.14. The number of hydrogen-bond donors (Lipinski definition) is 0. The van der Waals surface area contributed by atoms with Gasteiger partial charge in [-0.15, -0.1) is 0 Å². The minimum atomic E-state index is 0.820. The molecular weight excluding hydrogens is 144 g/mol. The van der Waals surface area contributed by atoms with E-state index in [0.29, 0.717) is 0 Å². The fourth-order valence-corrected chi connectivity index (χ4v) is 1.02. The van der Waals surface area contributed by atoms with Crippen molar-refractivity contribution >= 4 is 0 Å². The standard InChI is InChI=1S/C12H24/c1-5-6-7-8-9-10-12(4)11(2)3/h8-9,11-12H,5-7,10H2,1-4H3/b9-8+. The maximum absolute atomic E-state index is 2.35. The van der Waals surface area contributed by atoms with Crippen LogP contribution in [0.2, 0.25) is 0 Å². The molecule has 0 aromatic heterocycles. The molecule has 1 unspecified atom stereocenters. The first-order chi connectivity index (χ1) is 5.68. The number of unbranched alkanes of at least 4 members (excludes halogenated alkanes) is 2. The predicted octanol–water partition coefficient (Wildman–Crippen LogP) is 4.42. The first-order valence-corrected chi connectivity index (χ1v) is 5.33. The van der Waals surface area contributed by atoms with Gasteiger partial charge in [0, 0.05) is 0 Å². The quantitative estimate of drug-likeness (QED) is 0.407. The van der Waals surface area contributed by atoms with E-state index in [1.807, 2.05) is 0 Å². The van der Waals surface area contributed by atoms with Gasteiger partial charge < -0.3 is 0 Å². The Morgan fingerprint density at radius 2 is 1.75 bits per heavy atom. The second-order valence-corrected chi connectivity index (χ2v) is 4.07.